The third-order valence-corrected chi connectivity index (χ3v) is 5.96. The number of benzene rings is 2. The van der Waals surface area contributed by atoms with Crippen LogP contribution in [-0.2, 0) is 14.3 Å². The van der Waals surface area contributed by atoms with Gasteiger partial charge in [0, 0.05) is 4.47 Å². The van der Waals surface area contributed by atoms with Gasteiger partial charge in [-0.3, -0.25) is 9.69 Å². The van der Waals surface area contributed by atoms with Gasteiger partial charge in [-0.05, 0) is 82.1 Å². The number of esters is 2. The Hall–Kier alpha value is -2.22. The number of aliphatic hydroxyl groups excluding tert-OH is 1. The standard InChI is InChI=1S/C25H30BrNO5/c1-25(2,3)32-23(29)19-8-6-18(7-9-19)22(27-14-4-5-15-27)21(24(30)31-16-28)17-10-12-20(26)13-11-17/h6-13,21-22,28H,4-5,14-16H2,1-3H3. The molecule has 2 atom stereocenters. The molecule has 0 saturated carbocycles. The van der Waals surface area contributed by atoms with Crippen molar-refractivity contribution in [3.63, 3.8) is 0 Å². The number of ether oxygens (including phenoxy) is 2. The number of nitrogens with zero attached hydrogens (tertiary/aromatic N) is 1. The fraction of sp³-hybridized carbons (Fsp3) is 0.440. The van der Waals surface area contributed by atoms with Crippen LogP contribution in [0, 0.1) is 0 Å². The second-order valence-electron chi connectivity index (χ2n) is 8.93. The fourth-order valence-corrected chi connectivity index (χ4v) is 4.32. The molecule has 3 rings (SSSR count). The van der Waals surface area contributed by atoms with Crippen LogP contribution in [0.3, 0.4) is 0 Å². The number of carbonyl (C=O) groups excluding carboxylic acids is 2. The van der Waals surface area contributed by atoms with Crippen molar-refractivity contribution in [2.75, 3.05) is 19.9 Å². The lowest BCUT2D eigenvalue weighted by Gasteiger charge is -2.34. The van der Waals surface area contributed by atoms with Gasteiger partial charge in [0.2, 0.25) is 0 Å². The van der Waals surface area contributed by atoms with E-state index in [1.54, 1.807) is 12.1 Å². The Kier molecular flexibility index (Phi) is 8.09. The SMILES string of the molecule is CC(C)(C)OC(=O)c1ccc(C(C(C(=O)OCO)c2ccc(Br)cc2)N2CCCC2)cc1. The molecule has 0 amide bonds. The van der Waals surface area contributed by atoms with Gasteiger partial charge in [-0.25, -0.2) is 4.79 Å². The van der Waals surface area contributed by atoms with E-state index in [0.717, 1.165) is 41.5 Å². The Bertz CT molecular complexity index is 915. The Balaban J connectivity index is 1.99. The van der Waals surface area contributed by atoms with Crippen LogP contribution in [0.4, 0.5) is 0 Å². The van der Waals surface area contributed by atoms with E-state index >= 15 is 0 Å². The molecule has 1 aliphatic rings. The number of hydrogen-bond acceptors (Lipinski definition) is 6. The van der Waals surface area contributed by atoms with Crippen molar-refractivity contribution in [2.45, 2.75) is 51.2 Å². The lowest BCUT2D eigenvalue weighted by atomic mass is 9.85. The summed E-state index contributed by atoms with van der Waals surface area (Å²) in [6.45, 7) is 6.54. The molecule has 32 heavy (non-hydrogen) atoms. The first kappa shape index (κ1) is 24.4. The highest BCUT2D eigenvalue weighted by Crippen LogP contribution is 2.39. The lowest BCUT2D eigenvalue weighted by molar-refractivity contribution is -0.155. The molecule has 1 fully saturated rings. The molecule has 1 saturated heterocycles. The zero-order valence-electron chi connectivity index (χ0n) is 18.7. The van der Waals surface area contributed by atoms with Crippen molar-refractivity contribution in [1.29, 1.82) is 0 Å². The quantitative estimate of drug-likeness (QED) is 0.431. The molecule has 172 valence electrons. The first-order valence-electron chi connectivity index (χ1n) is 10.8. The van der Waals surface area contributed by atoms with Gasteiger partial charge in [0.1, 0.15) is 11.5 Å². The summed E-state index contributed by atoms with van der Waals surface area (Å²) in [5.74, 6) is -1.49. The zero-order valence-corrected chi connectivity index (χ0v) is 20.3. The average Bonchev–Trinajstić information content (AvgIpc) is 3.26. The van der Waals surface area contributed by atoms with Crippen LogP contribution in [0.5, 0.6) is 0 Å². The minimum absolute atomic E-state index is 0.287. The Morgan fingerprint density at radius 2 is 1.56 bits per heavy atom. The molecule has 1 heterocycles. The minimum Gasteiger partial charge on any atom is -0.456 e. The van der Waals surface area contributed by atoms with Crippen molar-refractivity contribution in [2.24, 2.45) is 0 Å². The van der Waals surface area contributed by atoms with E-state index in [2.05, 4.69) is 20.8 Å². The highest BCUT2D eigenvalue weighted by Gasteiger charge is 2.37. The Morgan fingerprint density at radius 1 is 1.00 bits per heavy atom. The van der Waals surface area contributed by atoms with Crippen LogP contribution in [0.25, 0.3) is 0 Å². The Labute approximate surface area is 197 Å². The van der Waals surface area contributed by atoms with E-state index < -0.39 is 24.3 Å². The minimum atomic E-state index is -0.670. The smallest absolute Gasteiger partial charge is 0.338 e. The summed E-state index contributed by atoms with van der Waals surface area (Å²) in [5.41, 5.74) is 1.60. The van der Waals surface area contributed by atoms with E-state index in [4.69, 9.17) is 9.47 Å². The number of carbonyl (C=O) groups is 2. The van der Waals surface area contributed by atoms with Crippen molar-refractivity contribution in [3.8, 4) is 0 Å². The van der Waals surface area contributed by atoms with Gasteiger partial charge in [-0.2, -0.15) is 0 Å². The summed E-state index contributed by atoms with van der Waals surface area (Å²) in [4.78, 5) is 27.7. The number of hydrogen-bond donors (Lipinski definition) is 1. The summed E-state index contributed by atoms with van der Waals surface area (Å²) in [5, 5.41) is 9.27. The van der Waals surface area contributed by atoms with E-state index in [9.17, 15) is 14.7 Å². The number of halogens is 1. The molecule has 0 radical (unpaired) electrons. The average molecular weight is 504 g/mol. The maximum atomic E-state index is 13.0. The maximum Gasteiger partial charge on any atom is 0.338 e. The normalized spacial score (nSPS) is 16.4. The Morgan fingerprint density at radius 3 is 2.09 bits per heavy atom. The van der Waals surface area contributed by atoms with Gasteiger partial charge in [0.25, 0.3) is 0 Å². The van der Waals surface area contributed by atoms with Crippen molar-refractivity contribution >= 4 is 27.9 Å². The highest BCUT2D eigenvalue weighted by molar-refractivity contribution is 9.10. The second kappa shape index (κ2) is 10.6. The summed E-state index contributed by atoms with van der Waals surface area (Å²) in [6, 6.07) is 14.5. The molecular weight excluding hydrogens is 474 g/mol. The first-order chi connectivity index (χ1) is 15.2. The molecule has 2 aromatic carbocycles. The molecular formula is C25H30BrNO5. The topological polar surface area (TPSA) is 76.1 Å². The van der Waals surface area contributed by atoms with E-state index in [-0.39, 0.29) is 12.0 Å². The molecule has 0 spiro atoms. The van der Waals surface area contributed by atoms with Gasteiger partial charge in [0.15, 0.2) is 6.79 Å². The van der Waals surface area contributed by atoms with Crippen LogP contribution in [0.2, 0.25) is 0 Å². The first-order valence-corrected chi connectivity index (χ1v) is 11.6. The van der Waals surface area contributed by atoms with Gasteiger partial charge in [0.05, 0.1) is 11.6 Å². The molecule has 0 aliphatic carbocycles. The molecule has 2 unspecified atom stereocenters. The molecule has 1 aliphatic heterocycles. The third-order valence-electron chi connectivity index (χ3n) is 5.43. The van der Waals surface area contributed by atoms with Crippen molar-refractivity contribution < 1.29 is 24.2 Å². The molecule has 6 nitrogen and oxygen atoms in total. The summed E-state index contributed by atoms with van der Waals surface area (Å²) >= 11 is 3.44. The van der Waals surface area contributed by atoms with Gasteiger partial charge < -0.3 is 14.6 Å². The molecule has 7 heteroatoms. The van der Waals surface area contributed by atoms with E-state index in [1.807, 2.05) is 57.2 Å². The maximum absolute atomic E-state index is 13.0. The molecule has 1 N–H and O–H groups in total. The van der Waals surface area contributed by atoms with Crippen LogP contribution < -0.4 is 0 Å². The zero-order chi connectivity index (χ0) is 23.3. The molecule has 0 aromatic heterocycles. The van der Waals surface area contributed by atoms with Crippen LogP contribution in [-0.4, -0.2) is 47.4 Å². The van der Waals surface area contributed by atoms with Crippen molar-refractivity contribution in [1.82, 2.24) is 4.90 Å². The van der Waals surface area contributed by atoms with Crippen molar-refractivity contribution in [3.05, 3.63) is 69.7 Å². The fourth-order valence-electron chi connectivity index (χ4n) is 4.06. The summed E-state index contributed by atoms with van der Waals surface area (Å²) in [7, 11) is 0. The van der Waals surface area contributed by atoms with Crippen LogP contribution in [0.15, 0.2) is 53.0 Å². The monoisotopic (exact) mass is 503 g/mol. The molecule has 0 bridgehead atoms. The summed E-state index contributed by atoms with van der Waals surface area (Å²) < 4.78 is 11.4. The van der Waals surface area contributed by atoms with E-state index in [0.29, 0.717) is 5.56 Å². The van der Waals surface area contributed by atoms with Crippen LogP contribution in [0.1, 0.15) is 67.1 Å². The number of aliphatic hydroxyl groups is 1. The van der Waals surface area contributed by atoms with Crippen LogP contribution >= 0.6 is 15.9 Å². The second-order valence-corrected chi connectivity index (χ2v) is 9.85. The van der Waals surface area contributed by atoms with Gasteiger partial charge in [-0.15, -0.1) is 0 Å². The van der Waals surface area contributed by atoms with Gasteiger partial charge in [-0.1, -0.05) is 40.2 Å². The largest absolute Gasteiger partial charge is 0.456 e. The molecule has 2 aromatic rings. The predicted octanol–water partition coefficient (Wildman–Crippen LogP) is 4.82. The van der Waals surface area contributed by atoms with E-state index in [1.165, 1.54) is 0 Å². The highest BCUT2D eigenvalue weighted by atomic mass is 79.9. The van der Waals surface area contributed by atoms with Gasteiger partial charge >= 0.3 is 11.9 Å². The predicted molar refractivity (Wildman–Crippen MR) is 125 cm³/mol. The summed E-state index contributed by atoms with van der Waals surface area (Å²) in [6.07, 6.45) is 2.10. The number of rotatable bonds is 7. The lowest BCUT2D eigenvalue weighted by Crippen LogP contribution is -2.35. The third kappa shape index (κ3) is 6.18. The number of likely N-dealkylation sites (tertiary alicyclic amines) is 1.